The Hall–Kier alpha value is -0.910. The lowest BCUT2D eigenvalue weighted by Crippen LogP contribution is -2.40. The summed E-state index contributed by atoms with van der Waals surface area (Å²) in [6.45, 7) is 4.50. The number of rotatable bonds is 5. The molecule has 0 radical (unpaired) electrons. The van der Waals surface area contributed by atoms with Crippen LogP contribution in [0.15, 0.2) is 35.2 Å². The summed E-state index contributed by atoms with van der Waals surface area (Å²) in [5, 5.41) is 19.8. The third kappa shape index (κ3) is 4.76. The number of aliphatic hydroxyl groups is 2. The Morgan fingerprint density at radius 1 is 1.06 bits per heavy atom. The van der Waals surface area contributed by atoms with Crippen LogP contribution in [-0.4, -0.2) is 35.6 Å². The maximum Gasteiger partial charge on any atom is 0.181 e. The van der Waals surface area contributed by atoms with Crippen molar-refractivity contribution in [2.45, 2.75) is 43.3 Å². The smallest absolute Gasteiger partial charge is 0.181 e. The second kappa shape index (κ2) is 4.99. The number of hydrogen-bond donors (Lipinski definition) is 2. The van der Waals surface area contributed by atoms with Crippen LogP contribution in [0.25, 0.3) is 0 Å². The van der Waals surface area contributed by atoms with E-state index in [1.165, 1.54) is 32.9 Å². The quantitative estimate of drug-likeness (QED) is 0.849. The maximum absolute atomic E-state index is 12.1. The Bertz CT molecular complexity index is 483. The van der Waals surface area contributed by atoms with E-state index in [-0.39, 0.29) is 11.3 Å². The van der Waals surface area contributed by atoms with E-state index in [4.69, 9.17) is 0 Å². The van der Waals surface area contributed by atoms with Gasteiger partial charge in [-0.1, -0.05) is 18.2 Å². The molecule has 4 nitrogen and oxygen atoms in total. The number of benzene rings is 1. The molecule has 0 saturated heterocycles. The Morgan fingerprint density at radius 2 is 1.56 bits per heavy atom. The molecule has 5 heteroatoms. The van der Waals surface area contributed by atoms with Crippen LogP contribution in [0.5, 0.6) is 0 Å². The van der Waals surface area contributed by atoms with E-state index >= 15 is 0 Å². The zero-order chi connectivity index (χ0) is 14.0. The summed E-state index contributed by atoms with van der Waals surface area (Å²) in [4.78, 5) is 0.182. The zero-order valence-corrected chi connectivity index (χ0v) is 11.7. The molecule has 0 unspecified atom stereocenters. The van der Waals surface area contributed by atoms with Gasteiger partial charge in [0.1, 0.15) is 0 Å². The van der Waals surface area contributed by atoms with Gasteiger partial charge in [-0.2, -0.15) is 0 Å². The molecule has 0 bridgehead atoms. The van der Waals surface area contributed by atoms with Gasteiger partial charge in [0.05, 0.1) is 21.9 Å². The standard InChI is InChI=1S/C13H20O4S/c1-12(2,14)9-13(3,15)10-18(16,17)11-7-5-4-6-8-11/h4-8,14-15H,9-10H2,1-3H3/t13-/m0/s1. The van der Waals surface area contributed by atoms with Crippen LogP contribution in [-0.2, 0) is 9.84 Å². The van der Waals surface area contributed by atoms with Gasteiger partial charge in [0, 0.05) is 6.42 Å². The average Bonchev–Trinajstić information content (AvgIpc) is 2.13. The minimum Gasteiger partial charge on any atom is -0.390 e. The van der Waals surface area contributed by atoms with Gasteiger partial charge < -0.3 is 10.2 Å². The van der Waals surface area contributed by atoms with E-state index in [9.17, 15) is 18.6 Å². The fraction of sp³-hybridized carbons (Fsp3) is 0.538. The van der Waals surface area contributed by atoms with Gasteiger partial charge in [-0.25, -0.2) is 8.42 Å². The van der Waals surface area contributed by atoms with Crippen molar-refractivity contribution < 1.29 is 18.6 Å². The van der Waals surface area contributed by atoms with E-state index in [0.29, 0.717) is 0 Å². The molecule has 1 aromatic carbocycles. The fourth-order valence-electron chi connectivity index (χ4n) is 2.10. The molecule has 0 fully saturated rings. The molecule has 0 aliphatic carbocycles. The highest BCUT2D eigenvalue weighted by molar-refractivity contribution is 7.91. The van der Waals surface area contributed by atoms with Crippen LogP contribution in [0.2, 0.25) is 0 Å². The topological polar surface area (TPSA) is 74.6 Å². The van der Waals surface area contributed by atoms with Gasteiger partial charge in [0.15, 0.2) is 9.84 Å². The minimum absolute atomic E-state index is 0.00787. The van der Waals surface area contributed by atoms with E-state index in [1.54, 1.807) is 18.2 Å². The molecule has 0 spiro atoms. The molecule has 18 heavy (non-hydrogen) atoms. The third-order valence-electron chi connectivity index (χ3n) is 2.42. The molecular weight excluding hydrogens is 252 g/mol. The molecule has 0 amide bonds. The summed E-state index contributed by atoms with van der Waals surface area (Å²) >= 11 is 0. The van der Waals surface area contributed by atoms with Gasteiger partial charge >= 0.3 is 0 Å². The van der Waals surface area contributed by atoms with Gasteiger partial charge in [0.25, 0.3) is 0 Å². The zero-order valence-electron chi connectivity index (χ0n) is 10.9. The van der Waals surface area contributed by atoms with Crippen LogP contribution in [0.4, 0.5) is 0 Å². The molecule has 0 aromatic heterocycles. The lowest BCUT2D eigenvalue weighted by molar-refractivity contribution is -0.0225. The largest absolute Gasteiger partial charge is 0.390 e. The summed E-state index contributed by atoms with van der Waals surface area (Å²) in [7, 11) is -3.55. The highest BCUT2D eigenvalue weighted by atomic mass is 32.2. The number of hydrogen-bond acceptors (Lipinski definition) is 4. The first-order chi connectivity index (χ1) is 8.02. The Balaban J connectivity index is 2.90. The van der Waals surface area contributed by atoms with Crippen molar-refractivity contribution in [1.29, 1.82) is 0 Å². The molecule has 1 aromatic rings. The Morgan fingerprint density at radius 3 is 2.00 bits per heavy atom. The van der Waals surface area contributed by atoms with Crippen LogP contribution in [0.1, 0.15) is 27.2 Å². The summed E-state index contributed by atoms with van der Waals surface area (Å²) in [5.41, 5.74) is -2.58. The normalized spacial score (nSPS) is 16.3. The lowest BCUT2D eigenvalue weighted by atomic mass is 9.93. The molecule has 2 N–H and O–H groups in total. The predicted octanol–water partition coefficient (Wildman–Crippen LogP) is 1.37. The molecule has 1 atom stereocenters. The van der Waals surface area contributed by atoms with Crippen molar-refractivity contribution >= 4 is 9.84 Å². The van der Waals surface area contributed by atoms with Crippen LogP contribution >= 0.6 is 0 Å². The number of sulfone groups is 1. The van der Waals surface area contributed by atoms with Gasteiger partial charge in [0.2, 0.25) is 0 Å². The first-order valence-electron chi connectivity index (χ1n) is 5.74. The fourth-order valence-corrected chi connectivity index (χ4v) is 3.76. The van der Waals surface area contributed by atoms with Crippen molar-refractivity contribution in [1.82, 2.24) is 0 Å². The second-order valence-corrected chi connectivity index (χ2v) is 7.55. The molecule has 0 saturated carbocycles. The van der Waals surface area contributed by atoms with E-state index in [0.717, 1.165) is 0 Å². The van der Waals surface area contributed by atoms with Crippen molar-refractivity contribution in [2.24, 2.45) is 0 Å². The monoisotopic (exact) mass is 272 g/mol. The Kier molecular flexibility index (Phi) is 4.20. The van der Waals surface area contributed by atoms with E-state index in [2.05, 4.69) is 0 Å². The predicted molar refractivity (Wildman–Crippen MR) is 70.0 cm³/mol. The highest BCUT2D eigenvalue weighted by Crippen LogP contribution is 2.24. The van der Waals surface area contributed by atoms with E-state index < -0.39 is 26.8 Å². The molecule has 0 aliphatic heterocycles. The van der Waals surface area contributed by atoms with Crippen molar-refractivity contribution in [3.8, 4) is 0 Å². The Labute approximate surface area is 108 Å². The van der Waals surface area contributed by atoms with Crippen LogP contribution in [0, 0.1) is 0 Å². The van der Waals surface area contributed by atoms with E-state index in [1.807, 2.05) is 0 Å². The van der Waals surface area contributed by atoms with Gasteiger partial charge in [-0.15, -0.1) is 0 Å². The summed E-state index contributed by atoms with van der Waals surface area (Å²) in [6, 6.07) is 7.99. The first-order valence-corrected chi connectivity index (χ1v) is 7.40. The maximum atomic E-state index is 12.1. The molecule has 0 aliphatic rings. The lowest BCUT2D eigenvalue weighted by Gasteiger charge is -2.29. The summed E-state index contributed by atoms with van der Waals surface area (Å²) in [6.07, 6.45) is -0.00787. The highest BCUT2D eigenvalue weighted by Gasteiger charge is 2.34. The van der Waals surface area contributed by atoms with Crippen molar-refractivity contribution in [3.63, 3.8) is 0 Å². The molecule has 102 valence electrons. The van der Waals surface area contributed by atoms with Gasteiger partial charge in [-0.3, -0.25) is 0 Å². The third-order valence-corrected chi connectivity index (χ3v) is 4.41. The first kappa shape index (κ1) is 15.1. The second-order valence-electron chi connectivity index (χ2n) is 5.56. The SMILES string of the molecule is CC(C)(O)C[C@](C)(O)CS(=O)(=O)c1ccccc1. The van der Waals surface area contributed by atoms with Crippen LogP contribution < -0.4 is 0 Å². The van der Waals surface area contributed by atoms with Gasteiger partial charge in [-0.05, 0) is 32.9 Å². The summed E-state index contributed by atoms with van der Waals surface area (Å²) in [5.74, 6) is -0.409. The van der Waals surface area contributed by atoms with Crippen molar-refractivity contribution in [3.05, 3.63) is 30.3 Å². The van der Waals surface area contributed by atoms with Crippen molar-refractivity contribution in [2.75, 3.05) is 5.75 Å². The molecule has 1 rings (SSSR count). The summed E-state index contributed by atoms with van der Waals surface area (Å²) < 4.78 is 24.2. The molecular formula is C13H20O4S. The molecule has 0 heterocycles. The minimum atomic E-state index is -3.55. The van der Waals surface area contributed by atoms with Crippen LogP contribution in [0.3, 0.4) is 0 Å². The average molecular weight is 272 g/mol.